The van der Waals surface area contributed by atoms with E-state index >= 15 is 0 Å². The van der Waals surface area contributed by atoms with E-state index in [1.54, 1.807) is 0 Å². The summed E-state index contributed by atoms with van der Waals surface area (Å²) in [5.41, 5.74) is 4.49. The zero-order valence-electron chi connectivity index (χ0n) is 13.2. The van der Waals surface area contributed by atoms with Crippen molar-refractivity contribution in [3.8, 4) is 0 Å². The number of anilines is 2. The minimum atomic E-state index is -0.738. The van der Waals surface area contributed by atoms with E-state index in [0.29, 0.717) is 10.4 Å². The van der Waals surface area contributed by atoms with Gasteiger partial charge in [-0.25, -0.2) is 4.79 Å². The number of carbonyl (C=O) groups is 1. The van der Waals surface area contributed by atoms with E-state index in [2.05, 4.69) is 20.5 Å². The number of carbonyl (C=O) groups excluding carboxylic acids is 1. The number of rotatable bonds is 7. The SMILES string of the molecule is Nc1c(C(=O)CSc2nnc(NC3CC3)s2)c(=O)[nH]c(=O)n1C1CC1. The molecule has 0 amide bonds. The third-order valence-electron chi connectivity index (χ3n) is 4.01. The molecular weight excluding hydrogens is 364 g/mol. The highest BCUT2D eigenvalue weighted by molar-refractivity contribution is 8.01. The van der Waals surface area contributed by atoms with Crippen molar-refractivity contribution in [1.29, 1.82) is 0 Å². The number of hydrogen-bond acceptors (Lipinski definition) is 9. The van der Waals surface area contributed by atoms with Gasteiger partial charge in [0.25, 0.3) is 5.56 Å². The highest BCUT2D eigenvalue weighted by Crippen LogP contribution is 2.35. The Balaban J connectivity index is 1.49. The van der Waals surface area contributed by atoms with E-state index in [1.807, 2.05) is 0 Å². The maximum absolute atomic E-state index is 12.5. The molecule has 9 nitrogen and oxygen atoms in total. The molecule has 11 heteroatoms. The third kappa shape index (κ3) is 3.47. The Kier molecular flexibility index (Phi) is 4.12. The Bertz CT molecular complexity index is 941. The largest absolute Gasteiger partial charge is 0.384 e. The molecule has 2 aromatic heterocycles. The summed E-state index contributed by atoms with van der Waals surface area (Å²) in [6.07, 6.45) is 3.92. The molecule has 2 aliphatic rings. The van der Waals surface area contributed by atoms with E-state index < -0.39 is 17.0 Å². The molecule has 0 spiro atoms. The van der Waals surface area contributed by atoms with Crippen molar-refractivity contribution in [2.24, 2.45) is 0 Å². The van der Waals surface area contributed by atoms with Gasteiger partial charge in [0.1, 0.15) is 11.4 Å². The molecule has 0 saturated heterocycles. The van der Waals surface area contributed by atoms with Crippen LogP contribution in [0.5, 0.6) is 0 Å². The topological polar surface area (TPSA) is 136 Å². The maximum atomic E-state index is 12.5. The minimum absolute atomic E-state index is 0.00815. The minimum Gasteiger partial charge on any atom is -0.384 e. The molecule has 0 atom stereocenters. The Hall–Kier alpha value is -2.14. The van der Waals surface area contributed by atoms with Crippen LogP contribution >= 0.6 is 23.1 Å². The molecule has 0 unspecified atom stereocenters. The molecule has 0 bridgehead atoms. The van der Waals surface area contributed by atoms with Gasteiger partial charge in [0.05, 0.1) is 5.75 Å². The summed E-state index contributed by atoms with van der Waals surface area (Å²) in [5, 5.41) is 12.0. The van der Waals surface area contributed by atoms with Crippen LogP contribution in [0, 0.1) is 0 Å². The van der Waals surface area contributed by atoms with Crippen molar-refractivity contribution in [2.75, 3.05) is 16.8 Å². The van der Waals surface area contributed by atoms with Crippen molar-refractivity contribution < 1.29 is 4.79 Å². The first-order chi connectivity index (χ1) is 12.0. The first kappa shape index (κ1) is 16.3. The molecule has 4 rings (SSSR count). The summed E-state index contributed by atoms with van der Waals surface area (Å²) in [7, 11) is 0. The lowest BCUT2D eigenvalue weighted by atomic mass is 10.2. The van der Waals surface area contributed by atoms with Gasteiger partial charge in [-0.1, -0.05) is 23.1 Å². The van der Waals surface area contributed by atoms with Crippen LogP contribution in [0.4, 0.5) is 10.9 Å². The lowest BCUT2D eigenvalue weighted by Gasteiger charge is -2.10. The van der Waals surface area contributed by atoms with Crippen molar-refractivity contribution in [2.45, 2.75) is 42.1 Å². The third-order valence-corrected chi connectivity index (χ3v) is 6.00. The van der Waals surface area contributed by atoms with Crippen LogP contribution in [0.15, 0.2) is 13.9 Å². The number of nitrogens with two attached hydrogens (primary N) is 1. The van der Waals surface area contributed by atoms with Crippen LogP contribution in [0.3, 0.4) is 0 Å². The lowest BCUT2D eigenvalue weighted by Crippen LogP contribution is -2.36. The molecule has 4 N–H and O–H groups in total. The second kappa shape index (κ2) is 6.30. The van der Waals surface area contributed by atoms with E-state index in [4.69, 9.17) is 5.73 Å². The molecule has 25 heavy (non-hydrogen) atoms. The van der Waals surface area contributed by atoms with E-state index in [1.165, 1.54) is 27.7 Å². The molecule has 0 radical (unpaired) electrons. The van der Waals surface area contributed by atoms with Gasteiger partial charge < -0.3 is 11.1 Å². The molecule has 2 saturated carbocycles. The number of nitrogens with one attached hydrogen (secondary N) is 2. The maximum Gasteiger partial charge on any atom is 0.330 e. The number of aromatic amines is 1. The average Bonchev–Trinajstić information content (AvgIpc) is 3.46. The first-order valence-corrected chi connectivity index (χ1v) is 9.73. The number of H-pyrrole nitrogens is 1. The summed E-state index contributed by atoms with van der Waals surface area (Å²) in [4.78, 5) is 38.6. The fraction of sp³-hybridized carbons (Fsp3) is 0.500. The number of nitrogen functional groups attached to an aromatic ring is 1. The molecule has 2 heterocycles. The van der Waals surface area contributed by atoms with Gasteiger partial charge in [-0.3, -0.25) is 19.1 Å². The van der Waals surface area contributed by atoms with Crippen LogP contribution in [0.25, 0.3) is 0 Å². The Morgan fingerprint density at radius 2 is 2.08 bits per heavy atom. The van der Waals surface area contributed by atoms with Gasteiger partial charge in [-0.15, -0.1) is 10.2 Å². The Morgan fingerprint density at radius 3 is 2.76 bits per heavy atom. The van der Waals surface area contributed by atoms with Gasteiger partial charge in [-0.05, 0) is 25.7 Å². The molecule has 0 aromatic carbocycles. The normalized spacial score (nSPS) is 16.8. The Morgan fingerprint density at radius 1 is 1.32 bits per heavy atom. The second-order valence-electron chi connectivity index (χ2n) is 6.12. The molecule has 2 aromatic rings. The predicted octanol–water partition coefficient (Wildman–Crippen LogP) is 0.854. The van der Waals surface area contributed by atoms with Gasteiger partial charge in [-0.2, -0.15) is 0 Å². The van der Waals surface area contributed by atoms with Crippen molar-refractivity contribution in [3.63, 3.8) is 0 Å². The second-order valence-corrected chi connectivity index (χ2v) is 8.32. The summed E-state index contributed by atoms with van der Waals surface area (Å²) in [6, 6.07) is 0.456. The van der Waals surface area contributed by atoms with Gasteiger partial charge >= 0.3 is 5.69 Å². The quantitative estimate of drug-likeness (QED) is 0.475. The molecular formula is C14H16N6O3S2. The first-order valence-electron chi connectivity index (χ1n) is 7.93. The molecule has 132 valence electrons. The zero-order chi connectivity index (χ0) is 17.6. The smallest absolute Gasteiger partial charge is 0.330 e. The van der Waals surface area contributed by atoms with E-state index in [0.717, 1.165) is 30.8 Å². The fourth-order valence-electron chi connectivity index (χ4n) is 2.46. The van der Waals surface area contributed by atoms with Gasteiger partial charge in [0, 0.05) is 12.1 Å². The number of hydrogen-bond donors (Lipinski definition) is 3. The highest BCUT2D eigenvalue weighted by Gasteiger charge is 2.30. The number of thioether (sulfide) groups is 1. The number of nitrogens with zero attached hydrogens (tertiary/aromatic N) is 3. The van der Waals surface area contributed by atoms with Gasteiger partial charge in [0.15, 0.2) is 10.1 Å². The predicted molar refractivity (Wildman–Crippen MR) is 95.6 cm³/mol. The van der Waals surface area contributed by atoms with Crippen molar-refractivity contribution in [3.05, 3.63) is 26.4 Å². The van der Waals surface area contributed by atoms with Crippen LogP contribution < -0.4 is 22.3 Å². The average molecular weight is 380 g/mol. The standard InChI is InChI=1S/C14H16N6O3S2/c15-10-9(11(22)17-13(23)20(10)7-3-4-7)8(21)5-24-14-19-18-12(25-14)16-6-1-2-6/h6-7H,1-5,15H2,(H,16,18)(H,17,22,23). The number of Topliss-reactive ketones (excluding diaryl/α,β-unsaturated/α-hetero) is 1. The van der Waals surface area contributed by atoms with Crippen LogP contribution in [-0.2, 0) is 0 Å². The zero-order valence-corrected chi connectivity index (χ0v) is 14.8. The summed E-state index contributed by atoms with van der Waals surface area (Å²) < 4.78 is 1.95. The van der Waals surface area contributed by atoms with Gasteiger partial charge in [0.2, 0.25) is 5.13 Å². The highest BCUT2D eigenvalue weighted by atomic mass is 32.2. The lowest BCUT2D eigenvalue weighted by molar-refractivity contribution is 0.102. The van der Waals surface area contributed by atoms with Crippen molar-refractivity contribution in [1.82, 2.24) is 19.7 Å². The summed E-state index contributed by atoms with van der Waals surface area (Å²) >= 11 is 2.58. The number of aromatic nitrogens is 4. The Labute approximate surface area is 150 Å². The van der Waals surface area contributed by atoms with Crippen LogP contribution in [-0.4, -0.2) is 37.3 Å². The summed E-state index contributed by atoms with van der Waals surface area (Å²) in [5.74, 6) is -0.464. The van der Waals surface area contributed by atoms with Crippen molar-refractivity contribution >= 4 is 39.8 Å². The molecule has 0 aliphatic heterocycles. The van der Waals surface area contributed by atoms with Crippen LogP contribution in [0.2, 0.25) is 0 Å². The fourth-order valence-corrected chi connectivity index (χ4v) is 4.16. The number of ketones is 1. The monoisotopic (exact) mass is 380 g/mol. The van der Waals surface area contributed by atoms with E-state index in [9.17, 15) is 14.4 Å². The van der Waals surface area contributed by atoms with E-state index in [-0.39, 0.29) is 23.2 Å². The molecule has 2 aliphatic carbocycles. The van der Waals surface area contributed by atoms with Crippen LogP contribution in [0.1, 0.15) is 42.1 Å². The molecule has 2 fully saturated rings. The summed E-state index contributed by atoms with van der Waals surface area (Å²) in [6.45, 7) is 0.